The van der Waals surface area contributed by atoms with E-state index in [2.05, 4.69) is 6.58 Å². The van der Waals surface area contributed by atoms with Crippen LogP contribution in [0.15, 0.2) is 43.0 Å². The Morgan fingerprint density at radius 3 is 2.53 bits per heavy atom. The number of esters is 1. The van der Waals surface area contributed by atoms with Crippen LogP contribution in [0.4, 0.5) is 5.69 Å². The molecule has 3 heteroatoms. The molecule has 0 spiro atoms. The third-order valence-corrected chi connectivity index (χ3v) is 2.16. The van der Waals surface area contributed by atoms with E-state index in [0.717, 1.165) is 11.3 Å². The van der Waals surface area contributed by atoms with E-state index < -0.39 is 0 Å². The number of ether oxygens (including phenoxy) is 1. The van der Waals surface area contributed by atoms with Crippen molar-refractivity contribution in [3.63, 3.8) is 0 Å². The van der Waals surface area contributed by atoms with Gasteiger partial charge < -0.3 is 9.64 Å². The fourth-order valence-corrected chi connectivity index (χ4v) is 1.24. The molecule has 0 aliphatic rings. The van der Waals surface area contributed by atoms with Crippen molar-refractivity contribution in [2.24, 2.45) is 0 Å². The van der Waals surface area contributed by atoms with E-state index in [0.29, 0.717) is 0 Å². The predicted molar refractivity (Wildman–Crippen MR) is 71.0 cm³/mol. The molecule has 17 heavy (non-hydrogen) atoms. The Hall–Kier alpha value is -2.03. The minimum absolute atomic E-state index is 0.239. The molecule has 0 bridgehead atoms. The van der Waals surface area contributed by atoms with Gasteiger partial charge in [-0.3, -0.25) is 0 Å². The van der Waals surface area contributed by atoms with Crippen LogP contribution in [0.2, 0.25) is 0 Å². The van der Waals surface area contributed by atoms with Crippen molar-refractivity contribution in [1.82, 2.24) is 0 Å². The molecule has 1 aromatic rings. The Morgan fingerprint density at radius 2 is 2.00 bits per heavy atom. The number of benzene rings is 1. The minimum atomic E-state index is -0.360. The molecule has 0 N–H and O–H groups in total. The standard InChI is InChI=1S/C14H17NO2/c1-4-11-17-14(16)10-7-12-5-8-13(9-6-12)15(2)3/h4-10H,1,11H2,2-3H3. The lowest BCUT2D eigenvalue weighted by atomic mass is 10.2. The zero-order valence-corrected chi connectivity index (χ0v) is 10.2. The van der Waals surface area contributed by atoms with E-state index in [-0.39, 0.29) is 12.6 Å². The van der Waals surface area contributed by atoms with E-state index in [1.165, 1.54) is 12.2 Å². The Labute approximate surface area is 102 Å². The number of anilines is 1. The average Bonchev–Trinajstić information content (AvgIpc) is 2.34. The Kier molecular flexibility index (Phi) is 5.01. The van der Waals surface area contributed by atoms with Crippen molar-refractivity contribution in [3.8, 4) is 0 Å². The lowest BCUT2D eigenvalue weighted by Gasteiger charge is -2.11. The van der Waals surface area contributed by atoms with Gasteiger partial charge >= 0.3 is 5.97 Å². The van der Waals surface area contributed by atoms with Gasteiger partial charge in [0.1, 0.15) is 6.61 Å². The second kappa shape index (κ2) is 6.53. The van der Waals surface area contributed by atoms with E-state index in [9.17, 15) is 4.79 Å². The molecule has 0 amide bonds. The zero-order valence-electron chi connectivity index (χ0n) is 10.2. The molecule has 0 aromatic heterocycles. The maximum absolute atomic E-state index is 11.2. The summed E-state index contributed by atoms with van der Waals surface area (Å²) in [4.78, 5) is 13.2. The van der Waals surface area contributed by atoms with Gasteiger partial charge in [-0.15, -0.1) is 0 Å². The highest BCUT2D eigenvalue weighted by molar-refractivity contribution is 5.87. The summed E-state index contributed by atoms with van der Waals surface area (Å²) in [5.41, 5.74) is 2.09. The normalized spacial score (nSPS) is 10.2. The number of rotatable bonds is 5. The number of hydrogen-bond acceptors (Lipinski definition) is 3. The number of nitrogens with zero attached hydrogens (tertiary/aromatic N) is 1. The van der Waals surface area contributed by atoms with E-state index >= 15 is 0 Å². The molecule has 1 aromatic carbocycles. The third kappa shape index (κ3) is 4.55. The van der Waals surface area contributed by atoms with E-state index in [4.69, 9.17) is 4.74 Å². The number of carbonyl (C=O) groups is 1. The molecule has 0 heterocycles. The van der Waals surface area contributed by atoms with E-state index in [1.54, 1.807) is 6.08 Å². The van der Waals surface area contributed by atoms with Crippen LogP contribution in [0, 0.1) is 0 Å². The first-order valence-corrected chi connectivity index (χ1v) is 5.36. The lowest BCUT2D eigenvalue weighted by Crippen LogP contribution is -2.07. The van der Waals surface area contributed by atoms with Crippen LogP contribution >= 0.6 is 0 Å². The molecular formula is C14H17NO2. The van der Waals surface area contributed by atoms with Crippen molar-refractivity contribution in [2.75, 3.05) is 25.6 Å². The van der Waals surface area contributed by atoms with Crippen LogP contribution in [-0.4, -0.2) is 26.7 Å². The molecule has 0 radical (unpaired) electrons. The predicted octanol–water partition coefficient (Wildman–Crippen LogP) is 2.50. The highest BCUT2D eigenvalue weighted by Crippen LogP contribution is 2.13. The second-order valence-electron chi connectivity index (χ2n) is 3.74. The van der Waals surface area contributed by atoms with Gasteiger partial charge in [0, 0.05) is 25.9 Å². The summed E-state index contributed by atoms with van der Waals surface area (Å²) >= 11 is 0. The molecule has 0 saturated carbocycles. The monoisotopic (exact) mass is 231 g/mol. The van der Waals surface area contributed by atoms with Crippen LogP contribution in [-0.2, 0) is 9.53 Å². The van der Waals surface area contributed by atoms with E-state index in [1.807, 2.05) is 43.3 Å². The molecule has 0 unspecified atom stereocenters. The van der Waals surface area contributed by atoms with Gasteiger partial charge in [-0.1, -0.05) is 24.8 Å². The fourth-order valence-electron chi connectivity index (χ4n) is 1.24. The van der Waals surface area contributed by atoms with Crippen molar-refractivity contribution in [3.05, 3.63) is 48.6 Å². The van der Waals surface area contributed by atoms with Crippen molar-refractivity contribution < 1.29 is 9.53 Å². The molecule has 0 atom stereocenters. The summed E-state index contributed by atoms with van der Waals surface area (Å²) in [7, 11) is 3.97. The lowest BCUT2D eigenvalue weighted by molar-refractivity contribution is -0.136. The first-order chi connectivity index (χ1) is 8.13. The van der Waals surface area contributed by atoms with Gasteiger partial charge in [-0.05, 0) is 23.8 Å². The molecule has 0 aliphatic carbocycles. The third-order valence-electron chi connectivity index (χ3n) is 2.16. The highest BCUT2D eigenvalue weighted by atomic mass is 16.5. The van der Waals surface area contributed by atoms with Gasteiger partial charge in [0.05, 0.1) is 0 Å². The van der Waals surface area contributed by atoms with Gasteiger partial charge in [-0.2, -0.15) is 0 Å². The van der Waals surface area contributed by atoms with Crippen molar-refractivity contribution in [2.45, 2.75) is 0 Å². The molecule has 1 rings (SSSR count). The Balaban J connectivity index is 2.59. The topological polar surface area (TPSA) is 29.5 Å². The highest BCUT2D eigenvalue weighted by Gasteiger charge is 1.96. The van der Waals surface area contributed by atoms with Crippen molar-refractivity contribution >= 4 is 17.7 Å². The Bertz CT molecular complexity index is 405. The van der Waals surface area contributed by atoms with Gasteiger partial charge in [0.15, 0.2) is 0 Å². The SMILES string of the molecule is C=CCOC(=O)C=Cc1ccc(N(C)C)cc1. The summed E-state index contributed by atoms with van der Waals surface area (Å²) in [6.45, 7) is 3.71. The Morgan fingerprint density at radius 1 is 1.35 bits per heavy atom. The van der Waals surface area contributed by atoms with Crippen LogP contribution in [0.5, 0.6) is 0 Å². The van der Waals surface area contributed by atoms with Gasteiger partial charge in [0.25, 0.3) is 0 Å². The number of hydrogen-bond donors (Lipinski definition) is 0. The quantitative estimate of drug-likeness (QED) is 0.443. The maximum Gasteiger partial charge on any atom is 0.331 e. The van der Waals surface area contributed by atoms with Crippen molar-refractivity contribution in [1.29, 1.82) is 0 Å². The first kappa shape index (κ1) is 13.0. The summed E-state index contributed by atoms with van der Waals surface area (Å²) < 4.78 is 4.82. The van der Waals surface area contributed by atoms with Crippen LogP contribution in [0.1, 0.15) is 5.56 Å². The zero-order chi connectivity index (χ0) is 12.7. The summed E-state index contributed by atoms with van der Waals surface area (Å²) in [5, 5.41) is 0. The fraction of sp³-hybridized carbons (Fsp3) is 0.214. The van der Waals surface area contributed by atoms with Crippen LogP contribution in [0.25, 0.3) is 6.08 Å². The van der Waals surface area contributed by atoms with Crippen LogP contribution < -0.4 is 4.90 Å². The molecule has 0 aliphatic heterocycles. The molecule has 0 fully saturated rings. The van der Waals surface area contributed by atoms with Gasteiger partial charge in [0.2, 0.25) is 0 Å². The summed E-state index contributed by atoms with van der Waals surface area (Å²) in [6, 6.07) is 7.89. The molecule has 0 saturated heterocycles. The smallest absolute Gasteiger partial charge is 0.331 e. The average molecular weight is 231 g/mol. The molecule has 3 nitrogen and oxygen atoms in total. The summed E-state index contributed by atoms with van der Waals surface area (Å²) in [6.07, 6.45) is 4.68. The first-order valence-electron chi connectivity index (χ1n) is 5.36. The second-order valence-corrected chi connectivity index (χ2v) is 3.74. The molecular weight excluding hydrogens is 214 g/mol. The minimum Gasteiger partial charge on any atom is -0.458 e. The van der Waals surface area contributed by atoms with Crippen LogP contribution in [0.3, 0.4) is 0 Å². The van der Waals surface area contributed by atoms with Gasteiger partial charge in [-0.25, -0.2) is 4.79 Å². The molecule has 90 valence electrons. The summed E-state index contributed by atoms with van der Waals surface area (Å²) in [5.74, 6) is -0.360. The largest absolute Gasteiger partial charge is 0.458 e. The maximum atomic E-state index is 11.2. The number of carbonyl (C=O) groups excluding carboxylic acids is 1.